The van der Waals surface area contributed by atoms with Crippen LogP contribution in [0, 0.1) is 0 Å². The smallest absolute Gasteiger partial charge is 0.379 e. The van der Waals surface area contributed by atoms with E-state index in [2.05, 4.69) is 4.99 Å². The minimum Gasteiger partial charge on any atom is -0.460 e. The fourth-order valence-electron chi connectivity index (χ4n) is 4.48. The van der Waals surface area contributed by atoms with Crippen LogP contribution in [0.2, 0.25) is 0 Å². The summed E-state index contributed by atoms with van der Waals surface area (Å²) in [6.07, 6.45) is 3.20. The Kier molecular flexibility index (Phi) is 8.51. The highest BCUT2D eigenvalue weighted by atomic mass is 32.1. The Morgan fingerprint density at radius 2 is 1.79 bits per heavy atom. The molecule has 0 spiro atoms. The van der Waals surface area contributed by atoms with Crippen molar-refractivity contribution in [3.63, 3.8) is 0 Å². The van der Waals surface area contributed by atoms with Crippen LogP contribution in [0.25, 0.3) is 6.08 Å². The number of allylic oxidation sites excluding steroid dienone is 1. The molecule has 42 heavy (non-hydrogen) atoms. The first kappa shape index (κ1) is 28.8. The van der Waals surface area contributed by atoms with Crippen LogP contribution < -0.4 is 24.5 Å². The molecule has 0 N–H and O–H groups in total. The summed E-state index contributed by atoms with van der Waals surface area (Å²) in [6.45, 7) is 2.00. The van der Waals surface area contributed by atoms with Gasteiger partial charge in [-0.25, -0.2) is 14.6 Å². The highest BCUT2D eigenvalue weighted by Crippen LogP contribution is 2.32. The summed E-state index contributed by atoms with van der Waals surface area (Å²) in [5.41, 5.74) is 2.91. The van der Waals surface area contributed by atoms with Gasteiger partial charge in [0.05, 0.1) is 34.7 Å². The number of ether oxygens (including phenoxy) is 3. The second-order valence-corrected chi connectivity index (χ2v) is 10.6. The standard InChI is InChI=1S/C31H29N3O7S/c1-19-26(30(37)40-17-16-38-4)27(21-9-13-23(14-10-21)41-29(36)24-6-5-15-39-24)34-28(35)25(42-31(34)32-19)18-20-7-11-22(12-8-20)33(2)3/h5-15,18,27H,16-17H2,1-4H3/b25-18+/t27-/m0/s1. The Balaban J connectivity index is 1.55. The van der Waals surface area contributed by atoms with Crippen LogP contribution in [0.3, 0.4) is 0 Å². The van der Waals surface area contributed by atoms with Crippen LogP contribution in [-0.4, -0.2) is 50.9 Å². The van der Waals surface area contributed by atoms with E-state index in [4.69, 9.17) is 18.6 Å². The third kappa shape index (κ3) is 5.97. The Hall–Kier alpha value is -4.74. The van der Waals surface area contributed by atoms with Crippen molar-refractivity contribution in [2.24, 2.45) is 4.99 Å². The van der Waals surface area contributed by atoms with Crippen molar-refractivity contribution in [3.05, 3.63) is 115 Å². The lowest BCUT2D eigenvalue weighted by Gasteiger charge is -2.25. The molecule has 2 aromatic heterocycles. The topological polar surface area (TPSA) is 113 Å². The zero-order valence-corrected chi connectivity index (χ0v) is 24.3. The van der Waals surface area contributed by atoms with E-state index in [1.54, 1.807) is 37.3 Å². The number of thiazole rings is 1. The number of aromatic nitrogens is 1. The van der Waals surface area contributed by atoms with Gasteiger partial charge in [-0.2, -0.15) is 0 Å². The summed E-state index contributed by atoms with van der Waals surface area (Å²) in [4.78, 5) is 46.6. The monoisotopic (exact) mass is 587 g/mol. The maximum Gasteiger partial charge on any atom is 0.379 e. The molecule has 0 aliphatic carbocycles. The van der Waals surface area contributed by atoms with Gasteiger partial charge in [0.2, 0.25) is 5.76 Å². The largest absolute Gasteiger partial charge is 0.460 e. The van der Waals surface area contributed by atoms with E-state index >= 15 is 0 Å². The van der Waals surface area contributed by atoms with Crippen LogP contribution in [0.4, 0.5) is 5.69 Å². The number of methoxy groups -OCH3 is 1. The van der Waals surface area contributed by atoms with Crippen molar-refractivity contribution in [2.75, 3.05) is 39.3 Å². The molecule has 0 unspecified atom stereocenters. The average molecular weight is 588 g/mol. The second kappa shape index (κ2) is 12.4. The van der Waals surface area contributed by atoms with Crippen molar-refractivity contribution < 1.29 is 28.2 Å². The Morgan fingerprint density at radius 1 is 1.05 bits per heavy atom. The molecular formula is C31H29N3O7S. The number of fused-ring (bicyclic) bond motifs is 1. The first-order valence-corrected chi connectivity index (χ1v) is 13.9. The third-order valence-electron chi connectivity index (χ3n) is 6.60. The van der Waals surface area contributed by atoms with Crippen LogP contribution in [-0.2, 0) is 14.3 Å². The quantitative estimate of drug-likeness (QED) is 0.167. The predicted molar refractivity (Wildman–Crippen MR) is 157 cm³/mol. The fourth-order valence-corrected chi connectivity index (χ4v) is 5.53. The van der Waals surface area contributed by atoms with E-state index in [0.29, 0.717) is 20.6 Å². The number of hydrogen-bond acceptors (Lipinski definition) is 10. The number of anilines is 1. The van der Waals surface area contributed by atoms with E-state index in [1.807, 2.05) is 49.3 Å². The lowest BCUT2D eigenvalue weighted by Crippen LogP contribution is -2.40. The average Bonchev–Trinajstić information content (AvgIpc) is 3.62. The lowest BCUT2D eigenvalue weighted by atomic mass is 9.96. The molecule has 1 atom stereocenters. The molecule has 216 valence electrons. The van der Waals surface area contributed by atoms with Gasteiger partial charge in [-0.3, -0.25) is 9.36 Å². The van der Waals surface area contributed by atoms with Gasteiger partial charge in [-0.15, -0.1) is 0 Å². The number of benzene rings is 2. The molecule has 3 heterocycles. The lowest BCUT2D eigenvalue weighted by molar-refractivity contribution is -0.140. The Bertz CT molecular complexity index is 1800. The van der Waals surface area contributed by atoms with Crippen molar-refractivity contribution in [3.8, 4) is 5.75 Å². The van der Waals surface area contributed by atoms with Crippen molar-refractivity contribution in [1.29, 1.82) is 0 Å². The van der Waals surface area contributed by atoms with Crippen molar-refractivity contribution >= 4 is 35.0 Å². The van der Waals surface area contributed by atoms with Crippen LogP contribution in [0.1, 0.15) is 34.6 Å². The normalized spacial score (nSPS) is 14.8. The molecule has 0 amide bonds. The first-order chi connectivity index (χ1) is 20.3. The molecule has 0 fully saturated rings. The number of rotatable bonds is 9. The zero-order chi connectivity index (χ0) is 29.8. The van der Waals surface area contributed by atoms with Gasteiger partial charge >= 0.3 is 11.9 Å². The number of hydrogen-bond donors (Lipinski definition) is 0. The van der Waals surface area contributed by atoms with Gasteiger partial charge in [0.1, 0.15) is 12.4 Å². The maximum absolute atomic E-state index is 13.9. The van der Waals surface area contributed by atoms with E-state index in [0.717, 1.165) is 11.3 Å². The zero-order valence-electron chi connectivity index (χ0n) is 23.5. The molecular weight excluding hydrogens is 558 g/mol. The van der Waals surface area contributed by atoms with Crippen molar-refractivity contribution in [1.82, 2.24) is 4.57 Å². The van der Waals surface area contributed by atoms with E-state index in [-0.39, 0.29) is 35.9 Å². The van der Waals surface area contributed by atoms with E-state index in [9.17, 15) is 14.4 Å². The van der Waals surface area contributed by atoms with Gasteiger partial charge in [-0.1, -0.05) is 35.6 Å². The summed E-state index contributed by atoms with van der Waals surface area (Å²) in [5.74, 6) is -0.890. The molecule has 1 aliphatic rings. The highest BCUT2D eigenvalue weighted by Gasteiger charge is 2.33. The molecule has 4 aromatic rings. The molecule has 0 saturated heterocycles. The third-order valence-corrected chi connectivity index (χ3v) is 7.58. The van der Waals surface area contributed by atoms with Gasteiger partial charge in [0.15, 0.2) is 4.80 Å². The molecule has 10 nitrogen and oxygen atoms in total. The minimum absolute atomic E-state index is 0.0495. The van der Waals surface area contributed by atoms with Gasteiger partial charge in [0, 0.05) is 26.9 Å². The summed E-state index contributed by atoms with van der Waals surface area (Å²) in [6, 6.07) is 16.7. The summed E-state index contributed by atoms with van der Waals surface area (Å²) < 4.78 is 23.0. The molecule has 0 radical (unpaired) electrons. The Labute approximate surface area is 245 Å². The first-order valence-electron chi connectivity index (χ1n) is 13.1. The van der Waals surface area contributed by atoms with Crippen molar-refractivity contribution in [2.45, 2.75) is 13.0 Å². The van der Waals surface area contributed by atoms with Crippen LogP contribution in [0.15, 0.2) is 92.4 Å². The maximum atomic E-state index is 13.9. The molecule has 0 bridgehead atoms. The molecule has 11 heteroatoms. The van der Waals surface area contributed by atoms with E-state index < -0.39 is 18.0 Å². The number of esters is 2. The number of nitrogens with zero attached hydrogens (tertiary/aromatic N) is 3. The second-order valence-electron chi connectivity index (χ2n) is 9.63. The molecule has 5 rings (SSSR count). The highest BCUT2D eigenvalue weighted by molar-refractivity contribution is 7.07. The summed E-state index contributed by atoms with van der Waals surface area (Å²) in [7, 11) is 5.44. The van der Waals surface area contributed by atoms with Gasteiger partial charge in [0.25, 0.3) is 5.56 Å². The number of carbonyl (C=O) groups is 2. The van der Waals surface area contributed by atoms with Gasteiger partial charge in [-0.05, 0) is 60.5 Å². The summed E-state index contributed by atoms with van der Waals surface area (Å²) >= 11 is 1.25. The van der Waals surface area contributed by atoms with E-state index in [1.165, 1.54) is 35.3 Å². The molecule has 2 aromatic carbocycles. The fraction of sp³-hybridized carbons (Fsp3) is 0.226. The number of furan rings is 1. The summed E-state index contributed by atoms with van der Waals surface area (Å²) in [5, 5.41) is 0. The number of carbonyl (C=O) groups excluding carboxylic acids is 2. The minimum atomic E-state index is -0.815. The van der Waals surface area contributed by atoms with Gasteiger partial charge < -0.3 is 23.5 Å². The molecule has 0 saturated carbocycles. The van der Waals surface area contributed by atoms with Crippen LogP contribution >= 0.6 is 11.3 Å². The Morgan fingerprint density at radius 3 is 2.43 bits per heavy atom. The molecule has 1 aliphatic heterocycles. The SMILES string of the molecule is COCCOC(=O)C1=C(C)N=c2s/c(=C/c3ccc(N(C)C)cc3)c(=O)n2[C@H]1c1ccc(OC(=O)c2ccco2)cc1. The van der Waals surface area contributed by atoms with Crippen LogP contribution in [0.5, 0.6) is 5.75 Å². The predicted octanol–water partition coefficient (Wildman–Crippen LogP) is 3.30.